The SMILES string of the molecule is CN(C)C(=O)CN(C)C(=O)c1ccc(F)c2ccccc12. The first-order valence-electron chi connectivity index (χ1n) is 6.54. The van der Waals surface area contributed by atoms with Crippen molar-refractivity contribution in [2.24, 2.45) is 0 Å². The van der Waals surface area contributed by atoms with Crippen LogP contribution < -0.4 is 0 Å². The third-order valence-electron chi connectivity index (χ3n) is 3.32. The molecule has 0 heterocycles. The maximum Gasteiger partial charge on any atom is 0.254 e. The Labute approximate surface area is 122 Å². The number of carbonyl (C=O) groups excluding carboxylic acids is 2. The van der Waals surface area contributed by atoms with Gasteiger partial charge in [0.25, 0.3) is 5.91 Å². The van der Waals surface area contributed by atoms with Gasteiger partial charge in [-0.3, -0.25) is 9.59 Å². The second-order valence-electron chi connectivity index (χ2n) is 5.09. The highest BCUT2D eigenvalue weighted by Crippen LogP contribution is 2.22. The predicted molar refractivity (Wildman–Crippen MR) is 79.6 cm³/mol. The van der Waals surface area contributed by atoms with E-state index >= 15 is 0 Å². The minimum Gasteiger partial charge on any atom is -0.347 e. The Kier molecular flexibility index (Phi) is 4.21. The van der Waals surface area contributed by atoms with Gasteiger partial charge in [0.05, 0.1) is 6.54 Å². The van der Waals surface area contributed by atoms with Crippen molar-refractivity contribution in [3.8, 4) is 0 Å². The van der Waals surface area contributed by atoms with Crippen molar-refractivity contribution in [2.75, 3.05) is 27.7 Å². The molecule has 0 aliphatic carbocycles. The molecule has 0 saturated carbocycles. The summed E-state index contributed by atoms with van der Waals surface area (Å²) in [6, 6.07) is 9.54. The maximum absolute atomic E-state index is 13.8. The number of rotatable bonds is 3. The van der Waals surface area contributed by atoms with E-state index in [0.29, 0.717) is 16.3 Å². The van der Waals surface area contributed by atoms with Gasteiger partial charge in [0.1, 0.15) is 5.82 Å². The van der Waals surface area contributed by atoms with Crippen LogP contribution in [-0.2, 0) is 4.79 Å². The number of hydrogen-bond acceptors (Lipinski definition) is 2. The lowest BCUT2D eigenvalue weighted by Gasteiger charge is -2.20. The summed E-state index contributed by atoms with van der Waals surface area (Å²) in [4.78, 5) is 26.9. The van der Waals surface area contributed by atoms with E-state index in [-0.39, 0.29) is 24.2 Å². The molecule has 0 bridgehead atoms. The molecule has 0 aliphatic heterocycles. The largest absolute Gasteiger partial charge is 0.347 e. The molecule has 0 fully saturated rings. The molecule has 0 radical (unpaired) electrons. The fraction of sp³-hybridized carbons (Fsp3) is 0.250. The number of hydrogen-bond donors (Lipinski definition) is 0. The Hall–Kier alpha value is -2.43. The fourth-order valence-electron chi connectivity index (χ4n) is 2.07. The van der Waals surface area contributed by atoms with Crippen molar-refractivity contribution >= 4 is 22.6 Å². The van der Waals surface area contributed by atoms with Crippen LogP contribution in [0.2, 0.25) is 0 Å². The number of fused-ring (bicyclic) bond motifs is 1. The Morgan fingerprint density at radius 3 is 2.24 bits per heavy atom. The van der Waals surface area contributed by atoms with Gasteiger partial charge < -0.3 is 9.80 Å². The second kappa shape index (κ2) is 5.91. The van der Waals surface area contributed by atoms with E-state index in [1.807, 2.05) is 0 Å². The van der Waals surface area contributed by atoms with E-state index in [4.69, 9.17) is 0 Å². The molecule has 2 rings (SSSR count). The third kappa shape index (κ3) is 3.02. The predicted octanol–water partition coefficient (Wildman–Crippen LogP) is 2.14. The minimum absolute atomic E-state index is 0.0163. The van der Waals surface area contributed by atoms with Gasteiger partial charge in [-0.05, 0) is 17.5 Å². The van der Waals surface area contributed by atoms with Crippen molar-refractivity contribution < 1.29 is 14.0 Å². The van der Waals surface area contributed by atoms with Gasteiger partial charge in [0, 0.05) is 32.1 Å². The first kappa shape index (κ1) is 15.0. The van der Waals surface area contributed by atoms with Gasteiger partial charge in [-0.1, -0.05) is 24.3 Å². The molecule has 0 spiro atoms. The van der Waals surface area contributed by atoms with Gasteiger partial charge in [0.2, 0.25) is 5.91 Å². The number of carbonyl (C=O) groups is 2. The van der Waals surface area contributed by atoms with Crippen molar-refractivity contribution in [3.05, 3.63) is 47.8 Å². The average Bonchev–Trinajstić information content (AvgIpc) is 2.47. The zero-order valence-electron chi connectivity index (χ0n) is 12.3. The fourth-order valence-corrected chi connectivity index (χ4v) is 2.07. The van der Waals surface area contributed by atoms with E-state index in [1.54, 1.807) is 45.4 Å². The quantitative estimate of drug-likeness (QED) is 0.868. The summed E-state index contributed by atoms with van der Waals surface area (Å²) in [5, 5.41) is 0.947. The molecule has 0 unspecified atom stereocenters. The topological polar surface area (TPSA) is 40.6 Å². The van der Waals surface area contributed by atoms with E-state index in [9.17, 15) is 14.0 Å². The molecule has 0 N–H and O–H groups in total. The zero-order chi connectivity index (χ0) is 15.6. The molecule has 2 amide bonds. The standard InChI is InChI=1S/C16H17FN2O2/c1-18(2)15(20)10-19(3)16(21)13-8-9-14(17)12-7-5-4-6-11(12)13/h4-9H,10H2,1-3H3. The van der Waals surface area contributed by atoms with E-state index in [2.05, 4.69) is 0 Å². The molecule has 0 atom stereocenters. The van der Waals surface area contributed by atoms with Crippen LogP contribution in [0.25, 0.3) is 10.8 Å². The van der Waals surface area contributed by atoms with Crippen LogP contribution in [0.5, 0.6) is 0 Å². The highest BCUT2D eigenvalue weighted by molar-refractivity contribution is 6.07. The lowest BCUT2D eigenvalue weighted by atomic mass is 10.0. The van der Waals surface area contributed by atoms with Gasteiger partial charge in [-0.25, -0.2) is 4.39 Å². The molecule has 0 saturated heterocycles. The Balaban J connectivity index is 2.36. The summed E-state index contributed by atoms with van der Waals surface area (Å²) in [5.74, 6) is -0.840. The van der Waals surface area contributed by atoms with Crippen LogP contribution in [0, 0.1) is 5.82 Å². The van der Waals surface area contributed by atoms with Gasteiger partial charge in [-0.2, -0.15) is 0 Å². The Morgan fingerprint density at radius 2 is 1.62 bits per heavy atom. The van der Waals surface area contributed by atoms with Crippen molar-refractivity contribution in [3.63, 3.8) is 0 Å². The summed E-state index contributed by atoms with van der Waals surface area (Å²) in [6.45, 7) is -0.0163. The summed E-state index contributed by atoms with van der Waals surface area (Å²) < 4.78 is 13.8. The second-order valence-corrected chi connectivity index (χ2v) is 5.09. The number of nitrogens with zero attached hydrogens (tertiary/aromatic N) is 2. The smallest absolute Gasteiger partial charge is 0.254 e. The Morgan fingerprint density at radius 1 is 1.00 bits per heavy atom. The molecule has 2 aromatic carbocycles. The molecular formula is C16H17FN2O2. The number of amides is 2. The minimum atomic E-state index is -0.367. The molecule has 4 nitrogen and oxygen atoms in total. The molecule has 0 aromatic heterocycles. The summed E-state index contributed by atoms with van der Waals surface area (Å²) in [7, 11) is 4.82. The lowest BCUT2D eigenvalue weighted by Crippen LogP contribution is -2.37. The highest BCUT2D eigenvalue weighted by atomic mass is 19.1. The van der Waals surface area contributed by atoms with Crippen LogP contribution in [0.15, 0.2) is 36.4 Å². The van der Waals surface area contributed by atoms with Crippen LogP contribution in [-0.4, -0.2) is 49.3 Å². The van der Waals surface area contributed by atoms with Crippen molar-refractivity contribution in [2.45, 2.75) is 0 Å². The normalized spacial score (nSPS) is 10.5. The van der Waals surface area contributed by atoms with Crippen LogP contribution in [0.4, 0.5) is 4.39 Å². The van der Waals surface area contributed by atoms with Gasteiger partial charge >= 0.3 is 0 Å². The molecule has 0 aliphatic rings. The van der Waals surface area contributed by atoms with E-state index < -0.39 is 0 Å². The van der Waals surface area contributed by atoms with Crippen molar-refractivity contribution in [1.82, 2.24) is 9.80 Å². The molecule has 110 valence electrons. The van der Waals surface area contributed by atoms with Crippen LogP contribution >= 0.6 is 0 Å². The molecule has 21 heavy (non-hydrogen) atoms. The van der Waals surface area contributed by atoms with E-state index in [0.717, 1.165) is 0 Å². The lowest BCUT2D eigenvalue weighted by molar-refractivity contribution is -0.129. The maximum atomic E-state index is 13.8. The van der Waals surface area contributed by atoms with E-state index in [1.165, 1.54) is 21.9 Å². The number of benzene rings is 2. The number of halogens is 1. The molecule has 5 heteroatoms. The molecule has 2 aromatic rings. The summed E-state index contributed by atoms with van der Waals surface area (Å²) in [5.41, 5.74) is 0.390. The van der Waals surface area contributed by atoms with Gasteiger partial charge in [-0.15, -0.1) is 0 Å². The summed E-state index contributed by atoms with van der Waals surface area (Å²) in [6.07, 6.45) is 0. The van der Waals surface area contributed by atoms with Crippen LogP contribution in [0.3, 0.4) is 0 Å². The number of likely N-dealkylation sites (N-methyl/N-ethyl adjacent to an activating group) is 2. The summed E-state index contributed by atoms with van der Waals surface area (Å²) >= 11 is 0. The van der Waals surface area contributed by atoms with Crippen molar-refractivity contribution in [1.29, 1.82) is 0 Å². The van der Waals surface area contributed by atoms with Crippen LogP contribution in [0.1, 0.15) is 10.4 Å². The first-order chi connectivity index (χ1) is 9.91. The first-order valence-corrected chi connectivity index (χ1v) is 6.54. The van der Waals surface area contributed by atoms with Gasteiger partial charge in [0.15, 0.2) is 0 Å². The monoisotopic (exact) mass is 288 g/mol. The molecular weight excluding hydrogens is 271 g/mol. The third-order valence-corrected chi connectivity index (χ3v) is 3.32. The average molecular weight is 288 g/mol. The Bertz CT molecular complexity index is 698. The zero-order valence-corrected chi connectivity index (χ0v) is 12.3. The highest BCUT2D eigenvalue weighted by Gasteiger charge is 2.18.